The van der Waals surface area contributed by atoms with E-state index in [1.165, 1.54) is 6.92 Å². The Morgan fingerprint density at radius 1 is 1.03 bits per heavy atom. The molecule has 4 saturated heterocycles. The lowest BCUT2D eigenvalue weighted by Gasteiger charge is -2.47. The predicted octanol–water partition coefficient (Wildman–Crippen LogP) is -1.37. The highest BCUT2D eigenvalue weighted by molar-refractivity contribution is 5.94. The van der Waals surface area contributed by atoms with Crippen LogP contribution in [0.2, 0.25) is 0 Å². The second-order valence-corrected chi connectivity index (χ2v) is 10.7. The van der Waals surface area contributed by atoms with E-state index in [2.05, 4.69) is 0 Å². The van der Waals surface area contributed by atoms with E-state index in [1.54, 1.807) is 0 Å². The Hall–Kier alpha value is -1.75. The van der Waals surface area contributed by atoms with E-state index in [0.717, 1.165) is 0 Å². The van der Waals surface area contributed by atoms with E-state index in [1.807, 2.05) is 20.8 Å². The number of carbonyl (C=O) groups excluding carboxylic acids is 3. The van der Waals surface area contributed by atoms with Gasteiger partial charge >= 0.3 is 17.9 Å². The van der Waals surface area contributed by atoms with Gasteiger partial charge in [0.2, 0.25) is 11.9 Å². The molecule has 0 amide bonds. The molecule has 0 radical (unpaired) electrons. The van der Waals surface area contributed by atoms with Crippen molar-refractivity contribution in [1.29, 1.82) is 0 Å². The maximum absolute atomic E-state index is 13.4. The first-order valence-corrected chi connectivity index (χ1v) is 10.2. The Labute approximate surface area is 171 Å². The lowest BCUT2D eigenvalue weighted by molar-refractivity contribution is -0.239. The molecular formula is C20H24O10. The van der Waals surface area contributed by atoms with Crippen LogP contribution in [-0.2, 0) is 33.3 Å². The fourth-order valence-corrected chi connectivity index (χ4v) is 8.12. The zero-order valence-corrected chi connectivity index (χ0v) is 16.9. The number of rotatable bonds is 0. The van der Waals surface area contributed by atoms with Gasteiger partial charge in [-0.2, -0.15) is 0 Å². The molecule has 164 valence electrons. The highest BCUT2D eigenvalue weighted by Crippen LogP contribution is 2.84. The zero-order valence-electron chi connectivity index (χ0n) is 16.9. The monoisotopic (exact) mass is 424 g/mol. The minimum atomic E-state index is -2.24. The van der Waals surface area contributed by atoms with E-state index < -0.39 is 87.9 Å². The third-order valence-corrected chi connectivity index (χ3v) is 9.00. The molecule has 4 heterocycles. The van der Waals surface area contributed by atoms with Crippen LogP contribution in [0.1, 0.15) is 34.1 Å². The van der Waals surface area contributed by atoms with Crippen molar-refractivity contribution in [1.82, 2.24) is 0 Å². The average Bonchev–Trinajstić information content (AvgIpc) is 3.35. The Morgan fingerprint density at radius 3 is 2.33 bits per heavy atom. The van der Waals surface area contributed by atoms with Crippen LogP contribution < -0.4 is 0 Å². The molecule has 3 N–H and O–H groups in total. The van der Waals surface area contributed by atoms with Crippen LogP contribution >= 0.6 is 0 Å². The largest absolute Gasteiger partial charge is 0.459 e. The third kappa shape index (κ3) is 1.33. The van der Waals surface area contributed by atoms with Crippen LogP contribution in [0.15, 0.2) is 0 Å². The summed E-state index contributed by atoms with van der Waals surface area (Å²) in [6.07, 6.45) is -6.91. The summed E-state index contributed by atoms with van der Waals surface area (Å²) in [6, 6.07) is 0. The van der Waals surface area contributed by atoms with E-state index >= 15 is 0 Å². The summed E-state index contributed by atoms with van der Waals surface area (Å²) in [7, 11) is 0. The number of esters is 3. The molecule has 1 unspecified atom stereocenters. The molecule has 0 aromatic rings. The summed E-state index contributed by atoms with van der Waals surface area (Å²) >= 11 is 0. The van der Waals surface area contributed by atoms with Gasteiger partial charge in [-0.05, 0) is 24.7 Å². The van der Waals surface area contributed by atoms with Crippen molar-refractivity contribution >= 4 is 17.9 Å². The Kier molecular flexibility index (Phi) is 2.97. The van der Waals surface area contributed by atoms with Crippen molar-refractivity contribution in [3.05, 3.63) is 0 Å². The molecule has 2 saturated carbocycles. The van der Waals surface area contributed by atoms with Gasteiger partial charge in [0.1, 0.15) is 12.2 Å². The number of hydrogen-bond donors (Lipinski definition) is 3. The summed E-state index contributed by atoms with van der Waals surface area (Å²) in [6.45, 7) is 7.14. The predicted molar refractivity (Wildman–Crippen MR) is 92.0 cm³/mol. The van der Waals surface area contributed by atoms with Gasteiger partial charge in [0, 0.05) is 0 Å². The van der Waals surface area contributed by atoms with Gasteiger partial charge in [0.05, 0.1) is 16.7 Å². The highest BCUT2D eigenvalue weighted by atomic mass is 16.8. The van der Waals surface area contributed by atoms with Crippen molar-refractivity contribution in [3.63, 3.8) is 0 Å². The normalized spacial score (nSPS) is 60.1. The minimum Gasteiger partial charge on any atom is -0.459 e. The van der Waals surface area contributed by atoms with E-state index in [4.69, 9.17) is 18.9 Å². The fourth-order valence-electron chi connectivity index (χ4n) is 8.12. The summed E-state index contributed by atoms with van der Waals surface area (Å²) in [5.74, 6) is -4.32. The van der Waals surface area contributed by atoms with Crippen molar-refractivity contribution in [2.24, 2.45) is 28.1 Å². The molecule has 6 rings (SSSR count). The quantitative estimate of drug-likeness (QED) is 0.314. The smallest absolute Gasteiger partial charge is 0.343 e. The summed E-state index contributed by atoms with van der Waals surface area (Å²) in [5, 5.41) is 34.7. The minimum absolute atomic E-state index is 0.229. The summed E-state index contributed by atoms with van der Waals surface area (Å²) < 4.78 is 22.5. The molecule has 10 heteroatoms. The molecule has 4 aliphatic heterocycles. The maximum Gasteiger partial charge on any atom is 0.343 e. The van der Waals surface area contributed by atoms with E-state index in [0.29, 0.717) is 0 Å². The van der Waals surface area contributed by atoms with Gasteiger partial charge in [-0.25, -0.2) is 9.59 Å². The molecule has 2 spiro atoms. The van der Waals surface area contributed by atoms with Crippen molar-refractivity contribution < 1.29 is 48.7 Å². The van der Waals surface area contributed by atoms with Crippen LogP contribution in [0.4, 0.5) is 0 Å². The van der Waals surface area contributed by atoms with E-state index in [-0.39, 0.29) is 6.42 Å². The second-order valence-electron chi connectivity index (χ2n) is 10.7. The molecule has 2 aliphatic carbocycles. The van der Waals surface area contributed by atoms with Crippen molar-refractivity contribution in [3.8, 4) is 0 Å². The number of ether oxygens (including phenoxy) is 4. The first-order valence-electron chi connectivity index (χ1n) is 10.2. The number of aliphatic hydroxyl groups is 3. The van der Waals surface area contributed by atoms with Gasteiger partial charge in [0.15, 0.2) is 17.8 Å². The highest BCUT2D eigenvalue weighted by Gasteiger charge is 3.03. The van der Waals surface area contributed by atoms with Crippen LogP contribution in [0.5, 0.6) is 0 Å². The second kappa shape index (κ2) is 4.69. The van der Waals surface area contributed by atoms with Crippen molar-refractivity contribution in [2.45, 2.75) is 76.0 Å². The molecule has 10 nitrogen and oxygen atoms in total. The third-order valence-electron chi connectivity index (χ3n) is 9.00. The van der Waals surface area contributed by atoms with E-state index in [9.17, 15) is 29.7 Å². The fraction of sp³-hybridized carbons (Fsp3) is 0.850. The van der Waals surface area contributed by atoms with Gasteiger partial charge in [-0.15, -0.1) is 0 Å². The number of hydrogen-bond acceptors (Lipinski definition) is 10. The van der Waals surface area contributed by atoms with Gasteiger partial charge in [-0.1, -0.05) is 20.8 Å². The van der Waals surface area contributed by atoms with Crippen LogP contribution in [0.25, 0.3) is 0 Å². The number of aliphatic hydroxyl groups excluding tert-OH is 2. The molecule has 11 atom stereocenters. The van der Waals surface area contributed by atoms with Crippen LogP contribution in [-0.4, -0.2) is 75.1 Å². The lowest BCUT2D eigenvalue weighted by atomic mass is 9.51. The Balaban J connectivity index is 1.72. The SMILES string of the molecule is C[C@H]1C(=O)O[C@@H]2[C@@H](O)C34[C@@H]5C[C@H](C(C)(C)C)[C@@]36[C@H](OC(=O)[C@H]6O)O[C@]4(C(=O)O5)[C@@]21O. The molecule has 0 aromatic heterocycles. The van der Waals surface area contributed by atoms with Crippen LogP contribution in [0, 0.1) is 28.1 Å². The van der Waals surface area contributed by atoms with Gasteiger partial charge < -0.3 is 34.3 Å². The first-order chi connectivity index (χ1) is 13.8. The summed E-state index contributed by atoms with van der Waals surface area (Å²) in [4.78, 5) is 38.2. The van der Waals surface area contributed by atoms with Crippen molar-refractivity contribution in [2.75, 3.05) is 0 Å². The van der Waals surface area contributed by atoms with Crippen LogP contribution in [0.3, 0.4) is 0 Å². The number of carbonyl (C=O) groups is 3. The Bertz CT molecular complexity index is 925. The molecule has 0 aromatic carbocycles. The lowest BCUT2D eigenvalue weighted by Crippen LogP contribution is -2.67. The number of fused-ring (bicyclic) bond motifs is 1. The summed E-state index contributed by atoms with van der Waals surface area (Å²) in [5.41, 5.74) is -8.26. The molecular weight excluding hydrogens is 400 g/mol. The standard InChI is InChI=1S/C20H24O10/c1-6-12(23)28-11-9(21)18-8-5-7(16(2,3)4)17(18)10(22)13(24)29-15(17)30-20(18,14(25)27-8)19(6,11)26/h6-11,15,21-22,26H,5H2,1-4H3/t6-,7+,8-,9+,10+,11+,15+,17+,18?,19-,20-/m0/s1. The molecule has 6 fully saturated rings. The molecule has 0 bridgehead atoms. The average molecular weight is 424 g/mol. The zero-order chi connectivity index (χ0) is 21.8. The molecule has 30 heavy (non-hydrogen) atoms. The van der Waals surface area contributed by atoms with Gasteiger partial charge in [-0.3, -0.25) is 4.79 Å². The topological polar surface area (TPSA) is 149 Å². The Morgan fingerprint density at radius 2 is 1.70 bits per heavy atom. The first kappa shape index (κ1) is 19.0. The van der Waals surface area contributed by atoms with Gasteiger partial charge in [0.25, 0.3) is 0 Å². The maximum atomic E-state index is 13.4. The molecule has 6 aliphatic rings.